The fourth-order valence-electron chi connectivity index (χ4n) is 1.22. The van der Waals surface area contributed by atoms with Gasteiger partial charge in [-0.2, -0.15) is 8.78 Å². The Balaban J connectivity index is 2.99. The topological polar surface area (TPSA) is 51.0 Å². The lowest BCUT2D eigenvalue weighted by Crippen LogP contribution is -2.05. The van der Waals surface area contributed by atoms with Gasteiger partial charge in [-0.15, -0.1) is 0 Å². The third-order valence-electron chi connectivity index (χ3n) is 1.80. The van der Waals surface area contributed by atoms with Gasteiger partial charge in [0, 0.05) is 12.7 Å². The molecule has 6 heteroatoms. The Bertz CT molecular complexity index is 369. The summed E-state index contributed by atoms with van der Waals surface area (Å²) in [5.74, 6) is -0.0485. The molecule has 0 aromatic heterocycles. The van der Waals surface area contributed by atoms with Gasteiger partial charge in [0.2, 0.25) is 0 Å². The smallest absolute Gasteiger partial charge is 0.387 e. The number of halogens is 2. The van der Waals surface area contributed by atoms with Crippen LogP contribution in [0, 0.1) is 0 Å². The maximum absolute atomic E-state index is 12.0. The number of ether oxygens (including phenoxy) is 2. The van der Waals surface area contributed by atoms with Crippen molar-refractivity contribution in [2.75, 3.05) is 7.11 Å². The summed E-state index contributed by atoms with van der Waals surface area (Å²) in [6.45, 7) is -2.58. The average Bonchev–Trinajstić information content (AvgIpc) is 2.22. The Morgan fingerprint density at radius 3 is 2.81 bits per heavy atom. The average molecular weight is 231 g/mol. The van der Waals surface area contributed by atoms with E-state index in [4.69, 9.17) is 9.94 Å². The molecule has 0 aliphatic heterocycles. The number of rotatable bonds is 5. The number of oxime groups is 1. The predicted molar refractivity (Wildman–Crippen MR) is 53.2 cm³/mol. The normalized spacial score (nSPS) is 11.2. The third-order valence-corrected chi connectivity index (χ3v) is 1.80. The molecule has 0 aliphatic rings. The molecule has 0 spiro atoms. The van der Waals surface area contributed by atoms with Crippen LogP contribution in [0.2, 0.25) is 0 Å². The van der Waals surface area contributed by atoms with Gasteiger partial charge in [0.1, 0.15) is 5.75 Å². The summed E-state index contributed by atoms with van der Waals surface area (Å²) in [4.78, 5) is 0. The Morgan fingerprint density at radius 2 is 2.25 bits per heavy atom. The van der Waals surface area contributed by atoms with Crippen LogP contribution in [0.1, 0.15) is 11.1 Å². The van der Waals surface area contributed by atoms with E-state index < -0.39 is 6.61 Å². The van der Waals surface area contributed by atoms with Gasteiger partial charge in [0.25, 0.3) is 0 Å². The highest BCUT2D eigenvalue weighted by atomic mass is 19.3. The zero-order valence-electron chi connectivity index (χ0n) is 8.56. The minimum Gasteiger partial charge on any atom is -0.434 e. The second-order valence-corrected chi connectivity index (χ2v) is 2.93. The Morgan fingerprint density at radius 1 is 1.50 bits per heavy atom. The van der Waals surface area contributed by atoms with Gasteiger partial charge in [0.05, 0.1) is 12.8 Å². The van der Waals surface area contributed by atoms with Crippen molar-refractivity contribution in [1.29, 1.82) is 0 Å². The largest absolute Gasteiger partial charge is 0.434 e. The van der Waals surface area contributed by atoms with E-state index in [1.54, 1.807) is 12.1 Å². The minimum atomic E-state index is -2.92. The third kappa shape index (κ3) is 3.47. The van der Waals surface area contributed by atoms with Crippen molar-refractivity contribution in [3.05, 3.63) is 29.3 Å². The summed E-state index contributed by atoms with van der Waals surface area (Å²) in [7, 11) is 1.52. The Hall–Kier alpha value is -1.69. The predicted octanol–water partition coefficient (Wildman–Crippen LogP) is 2.24. The Labute approximate surface area is 91.1 Å². The van der Waals surface area contributed by atoms with Crippen LogP contribution < -0.4 is 4.74 Å². The molecule has 0 saturated carbocycles. The molecule has 0 saturated heterocycles. The first-order valence-corrected chi connectivity index (χ1v) is 4.41. The van der Waals surface area contributed by atoms with Crippen LogP contribution in [0.3, 0.4) is 0 Å². The summed E-state index contributed by atoms with van der Waals surface area (Å²) in [6.07, 6.45) is 1.02. The van der Waals surface area contributed by atoms with Crippen molar-refractivity contribution in [3.63, 3.8) is 0 Å². The highest BCUT2D eigenvalue weighted by Crippen LogP contribution is 2.21. The van der Waals surface area contributed by atoms with Crippen LogP contribution in [0.25, 0.3) is 0 Å². The van der Waals surface area contributed by atoms with Crippen molar-refractivity contribution in [3.8, 4) is 5.75 Å². The van der Waals surface area contributed by atoms with Crippen LogP contribution in [-0.2, 0) is 11.3 Å². The van der Waals surface area contributed by atoms with E-state index in [1.807, 2.05) is 0 Å². The number of hydrogen-bond acceptors (Lipinski definition) is 4. The first-order chi connectivity index (χ1) is 7.67. The van der Waals surface area contributed by atoms with E-state index in [2.05, 4.69) is 9.89 Å². The van der Waals surface area contributed by atoms with E-state index in [9.17, 15) is 8.78 Å². The molecule has 1 aromatic rings. The van der Waals surface area contributed by atoms with E-state index in [0.29, 0.717) is 6.61 Å². The van der Waals surface area contributed by atoms with E-state index in [0.717, 1.165) is 11.8 Å². The summed E-state index contributed by atoms with van der Waals surface area (Å²) in [5, 5.41) is 11.2. The van der Waals surface area contributed by atoms with Gasteiger partial charge >= 0.3 is 6.61 Å². The SMILES string of the molecule is COCc1ccc(OC(F)F)c(/C=N/O)c1. The highest BCUT2D eigenvalue weighted by Gasteiger charge is 2.09. The lowest BCUT2D eigenvalue weighted by Gasteiger charge is -2.09. The van der Waals surface area contributed by atoms with Gasteiger partial charge in [-0.25, -0.2) is 0 Å². The maximum atomic E-state index is 12.0. The molecule has 0 aliphatic carbocycles. The van der Waals surface area contributed by atoms with Crippen LogP contribution in [-0.4, -0.2) is 25.1 Å². The number of alkyl halides is 2. The fraction of sp³-hybridized carbons (Fsp3) is 0.300. The second kappa shape index (κ2) is 6.02. The molecule has 0 heterocycles. The number of nitrogens with zero attached hydrogens (tertiary/aromatic N) is 1. The fourth-order valence-corrected chi connectivity index (χ4v) is 1.22. The van der Waals surface area contributed by atoms with Crippen LogP contribution in [0.15, 0.2) is 23.4 Å². The summed E-state index contributed by atoms with van der Waals surface area (Å²) in [6, 6.07) is 4.51. The first kappa shape index (κ1) is 12.4. The molecule has 1 aromatic carbocycles. The van der Waals surface area contributed by atoms with E-state index in [1.165, 1.54) is 13.2 Å². The van der Waals surface area contributed by atoms with Crippen LogP contribution in [0.5, 0.6) is 5.75 Å². The van der Waals surface area contributed by atoms with Crippen LogP contribution in [0.4, 0.5) is 8.78 Å². The van der Waals surface area contributed by atoms with Gasteiger partial charge in [0.15, 0.2) is 0 Å². The van der Waals surface area contributed by atoms with E-state index in [-0.39, 0.29) is 11.3 Å². The van der Waals surface area contributed by atoms with Gasteiger partial charge in [-0.3, -0.25) is 0 Å². The van der Waals surface area contributed by atoms with Gasteiger partial charge < -0.3 is 14.7 Å². The van der Waals surface area contributed by atoms with Crippen LogP contribution >= 0.6 is 0 Å². The van der Waals surface area contributed by atoms with Crippen molar-refractivity contribution in [2.24, 2.45) is 5.16 Å². The number of methoxy groups -OCH3 is 1. The van der Waals surface area contributed by atoms with Crippen molar-refractivity contribution in [2.45, 2.75) is 13.2 Å². The maximum Gasteiger partial charge on any atom is 0.387 e. The minimum absolute atomic E-state index is 0.0485. The monoisotopic (exact) mass is 231 g/mol. The lowest BCUT2D eigenvalue weighted by atomic mass is 10.1. The van der Waals surface area contributed by atoms with Crippen molar-refractivity contribution in [1.82, 2.24) is 0 Å². The summed E-state index contributed by atoms with van der Waals surface area (Å²) < 4.78 is 33.2. The first-order valence-electron chi connectivity index (χ1n) is 4.41. The molecule has 16 heavy (non-hydrogen) atoms. The molecule has 0 atom stereocenters. The molecule has 1 rings (SSSR count). The summed E-state index contributed by atoms with van der Waals surface area (Å²) >= 11 is 0. The molecule has 4 nitrogen and oxygen atoms in total. The highest BCUT2D eigenvalue weighted by molar-refractivity contribution is 5.83. The molecule has 88 valence electrons. The van der Waals surface area contributed by atoms with Crippen molar-refractivity contribution >= 4 is 6.21 Å². The Kier molecular flexibility index (Phi) is 4.65. The van der Waals surface area contributed by atoms with Gasteiger partial charge in [-0.1, -0.05) is 11.2 Å². The van der Waals surface area contributed by atoms with Crippen molar-refractivity contribution < 1.29 is 23.5 Å². The molecule has 0 bridgehead atoms. The number of benzene rings is 1. The molecule has 0 radical (unpaired) electrons. The molecule has 0 amide bonds. The zero-order chi connectivity index (χ0) is 12.0. The molecule has 1 N–H and O–H groups in total. The molecular weight excluding hydrogens is 220 g/mol. The second-order valence-electron chi connectivity index (χ2n) is 2.93. The molecule has 0 fully saturated rings. The summed E-state index contributed by atoms with van der Waals surface area (Å²) in [5.41, 5.74) is 1.02. The quantitative estimate of drug-likeness (QED) is 0.480. The zero-order valence-corrected chi connectivity index (χ0v) is 8.56. The molecule has 0 unspecified atom stereocenters. The molecular formula is C10H11F2NO3. The number of hydrogen-bond donors (Lipinski definition) is 1. The standard InChI is InChI=1S/C10H11F2NO3/c1-15-6-7-2-3-9(16-10(11)12)8(4-7)5-13-14/h2-5,10,14H,6H2,1H3/b13-5+. The van der Waals surface area contributed by atoms with E-state index >= 15 is 0 Å². The lowest BCUT2D eigenvalue weighted by molar-refractivity contribution is -0.0499. The van der Waals surface area contributed by atoms with Gasteiger partial charge in [-0.05, 0) is 17.7 Å².